The van der Waals surface area contributed by atoms with Gasteiger partial charge in [-0.3, -0.25) is 4.79 Å². The normalized spacial score (nSPS) is 15.2. The summed E-state index contributed by atoms with van der Waals surface area (Å²) in [5.74, 6) is -0.0661. The molecule has 0 radical (unpaired) electrons. The van der Waals surface area contributed by atoms with Crippen LogP contribution >= 0.6 is 0 Å². The van der Waals surface area contributed by atoms with Crippen LogP contribution < -0.4 is 5.32 Å². The predicted molar refractivity (Wildman–Crippen MR) is 76.6 cm³/mol. The van der Waals surface area contributed by atoms with E-state index in [2.05, 4.69) is 33.0 Å². The van der Waals surface area contributed by atoms with Gasteiger partial charge in [0.15, 0.2) is 0 Å². The van der Waals surface area contributed by atoms with Gasteiger partial charge in [-0.2, -0.15) is 0 Å². The first-order valence-electron chi connectivity index (χ1n) is 7.09. The highest BCUT2D eigenvalue weighted by Gasteiger charge is 2.31. The number of hydrogen-bond acceptors (Lipinski definition) is 3. The summed E-state index contributed by atoms with van der Waals surface area (Å²) in [4.78, 5) is 11.5. The van der Waals surface area contributed by atoms with Gasteiger partial charge in [-0.1, -0.05) is 34.1 Å². The lowest BCUT2D eigenvalue weighted by Crippen LogP contribution is -2.33. The number of nitrogens with one attached hydrogen (secondary N) is 1. The molecule has 1 unspecified atom stereocenters. The van der Waals surface area contributed by atoms with Crippen molar-refractivity contribution in [2.75, 3.05) is 20.2 Å². The van der Waals surface area contributed by atoms with Crippen LogP contribution in [0.5, 0.6) is 0 Å². The minimum atomic E-state index is -0.0661. The Morgan fingerprint density at radius 1 is 1.22 bits per heavy atom. The molecule has 108 valence electrons. The Kier molecular flexibility index (Phi) is 7.53. The largest absolute Gasteiger partial charge is 0.466 e. The van der Waals surface area contributed by atoms with E-state index in [0.717, 1.165) is 25.8 Å². The van der Waals surface area contributed by atoms with Crippen LogP contribution in [0.25, 0.3) is 0 Å². The zero-order valence-electron chi connectivity index (χ0n) is 13.1. The maximum absolute atomic E-state index is 11.5. The van der Waals surface area contributed by atoms with Crippen LogP contribution in [0.15, 0.2) is 0 Å². The van der Waals surface area contributed by atoms with E-state index in [1.807, 2.05) is 14.0 Å². The number of hydrogen-bond donors (Lipinski definition) is 1. The first-order chi connectivity index (χ1) is 8.28. The number of ether oxygens (including phenoxy) is 1. The molecule has 0 saturated carbocycles. The van der Waals surface area contributed by atoms with Gasteiger partial charge < -0.3 is 10.1 Å². The molecule has 3 heteroatoms. The van der Waals surface area contributed by atoms with Gasteiger partial charge >= 0.3 is 5.97 Å². The van der Waals surface area contributed by atoms with Crippen molar-refractivity contribution in [3.8, 4) is 0 Å². The maximum Gasteiger partial charge on any atom is 0.305 e. The molecule has 0 heterocycles. The molecule has 1 atom stereocenters. The lowest BCUT2D eigenvalue weighted by Gasteiger charge is -2.37. The molecule has 0 aromatic carbocycles. The number of carbonyl (C=O) groups is 1. The van der Waals surface area contributed by atoms with E-state index in [-0.39, 0.29) is 16.8 Å². The zero-order valence-corrected chi connectivity index (χ0v) is 13.1. The fourth-order valence-corrected chi connectivity index (χ4v) is 2.72. The summed E-state index contributed by atoms with van der Waals surface area (Å²) in [5, 5.41) is 3.25. The van der Waals surface area contributed by atoms with Crippen LogP contribution in [0.1, 0.15) is 60.3 Å². The van der Waals surface area contributed by atoms with Crippen LogP contribution in [-0.4, -0.2) is 26.2 Å². The van der Waals surface area contributed by atoms with Gasteiger partial charge in [-0.05, 0) is 44.2 Å². The SMILES string of the molecule is CCOC(=O)CCC(C)(CC)CC(C)(C)CNC. The second kappa shape index (κ2) is 7.78. The molecule has 0 fully saturated rings. The Labute approximate surface area is 113 Å². The van der Waals surface area contributed by atoms with E-state index in [9.17, 15) is 4.79 Å². The van der Waals surface area contributed by atoms with E-state index in [1.165, 1.54) is 0 Å². The standard InChI is InChI=1S/C15H31NO2/c1-7-15(5,10-9-13(17)18-8-2)11-14(3,4)12-16-6/h16H,7-12H2,1-6H3. The van der Waals surface area contributed by atoms with Gasteiger partial charge in [0.05, 0.1) is 6.61 Å². The lowest BCUT2D eigenvalue weighted by molar-refractivity contribution is -0.143. The molecule has 0 amide bonds. The van der Waals surface area contributed by atoms with Crippen LogP contribution in [0, 0.1) is 10.8 Å². The highest BCUT2D eigenvalue weighted by molar-refractivity contribution is 5.69. The molecule has 0 aliphatic rings. The van der Waals surface area contributed by atoms with Crippen LogP contribution in [-0.2, 0) is 9.53 Å². The molecule has 0 aromatic rings. The average Bonchev–Trinajstić information content (AvgIpc) is 2.26. The lowest BCUT2D eigenvalue weighted by atomic mass is 9.70. The van der Waals surface area contributed by atoms with Gasteiger partial charge in [-0.25, -0.2) is 0 Å². The fourth-order valence-electron chi connectivity index (χ4n) is 2.72. The third kappa shape index (κ3) is 7.00. The molecule has 0 aliphatic heterocycles. The van der Waals surface area contributed by atoms with Crippen molar-refractivity contribution in [2.24, 2.45) is 10.8 Å². The van der Waals surface area contributed by atoms with Gasteiger partial charge in [-0.15, -0.1) is 0 Å². The molecule has 3 nitrogen and oxygen atoms in total. The van der Waals surface area contributed by atoms with Crippen molar-refractivity contribution >= 4 is 5.97 Å². The summed E-state index contributed by atoms with van der Waals surface area (Å²) in [6, 6.07) is 0. The summed E-state index contributed by atoms with van der Waals surface area (Å²) in [6.45, 7) is 12.4. The molecular formula is C15H31NO2. The van der Waals surface area contributed by atoms with Crippen molar-refractivity contribution in [1.82, 2.24) is 5.32 Å². The van der Waals surface area contributed by atoms with Crippen molar-refractivity contribution in [3.63, 3.8) is 0 Å². The monoisotopic (exact) mass is 257 g/mol. The summed E-state index contributed by atoms with van der Waals surface area (Å²) < 4.78 is 5.01. The van der Waals surface area contributed by atoms with Crippen LogP contribution in [0.4, 0.5) is 0 Å². The minimum absolute atomic E-state index is 0.0661. The Morgan fingerprint density at radius 2 is 1.83 bits per heavy atom. The second-order valence-electron chi connectivity index (χ2n) is 6.34. The summed E-state index contributed by atoms with van der Waals surface area (Å²) >= 11 is 0. The number of rotatable bonds is 9. The first kappa shape index (κ1) is 17.4. The Bertz CT molecular complexity index is 251. The molecule has 1 N–H and O–H groups in total. The van der Waals surface area contributed by atoms with E-state index in [0.29, 0.717) is 13.0 Å². The number of esters is 1. The molecule has 18 heavy (non-hydrogen) atoms. The highest BCUT2D eigenvalue weighted by Crippen LogP contribution is 2.39. The third-order valence-corrected chi connectivity index (χ3v) is 3.65. The summed E-state index contributed by atoms with van der Waals surface area (Å²) in [6.07, 6.45) is 3.67. The van der Waals surface area contributed by atoms with E-state index in [4.69, 9.17) is 4.74 Å². The molecule has 0 aliphatic carbocycles. The maximum atomic E-state index is 11.5. The molecular weight excluding hydrogens is 226 g/mol. The number of carbonyl (C=O) groups excluding carboxylic acids is 1. The Balaban J connectivity index is 4.38. The molecule has 0 rings (SSSR count). The Morgan fingerprint density at radius 3 is 2.28 bits per heavy atom. The third-order valence-electron chi connectivity index (χ3n) is 3.65. The summed E-state index contributed by atoms with van der Waals surface area (Å²) in [5.41, 5.74) is 0.473. The van der Waals surface area contributed by atoms with Crippen molar-refractivity contribution < 1.29 is 9.53 Å². The van der Waals surface area contributed by atoms with Crippen molar-refractivity contribution in [3.05, 3.63) is 0 Å². The van der Waals surface area contributed by atoms with Crippen molar-refractivity contribution in [2.45, 2.75) is 60.3 Å². The van der Waals surface area contributed by atoms with Gasteiger partial charge in [0.1, 0.15) is 0 Å². The molecule has 0 aromatic heterocycles. The van der Waals surface area contributed by atoms with E-state index >= 15 is 0 Å². The van der Waals surface area contributed by atoms with Gasteiger partial charge in [0, 0.05) is 6.42 Å². The quantitative estimate of drug-likeness (QED) is 0.644. The predicted octanol–water partition coefficient (Wildman–Crippen LogP) is 3.38. The van der Waals surface area contributed by atoms with Gasteiger partial charge in [0.2, 0.25) is 0 Å². The van der Waals surface area contributed by atoms with Crippen molar-refractivity contribution in [1.29, 1.82) is 0 Å². The Hall–Kier alpha value is -0.570. The average molecular weight is 257 g/mol. The second-order valence-corrected chi connectivity index (χ2v) is 6.34. The highest BCUT2D eigenvalue weighted by atomic mass is 16.5. The van der Waals surface area contributed by atoms with Crippen LogP contribution in [0.2, 0.25) is 0 Å². The van der Waals surface area contributed by atoms with E-state index < -0.39 is 0 Å². The van der Waals surface area contributed by atoms with E-state index in [1.54, 1.807) is 0 Å². The zero-order chi connectivity index (χ0) is 14.2. The minimum Gasteiger partial charge on any atom is -0.466 e. The van der Waals surface area contributed by atoms with Crippen LogP contribution in [0.3, 0.4) is 0 Å². The smallest absolute Gasteiger partial charge is 0.305 e. The fraction of sp³-hybridized carbons (Fsp3) is 0.933. The molecule has 0 bridgehead atoms. The molecule has 0 spiro atoms. The first-order valence-corrected chi connectivity index (χ1v) is 7.09. The topological polar surface area (TPSA) is 38.3 Å². The van der Waals surface area contributed by atoms with Gasteiger partial charge in [0.25, 0.3) is 0 Å². The molecule has 0 saturated heterocycles. The summed E-state index contributed by atoms with van der Waals surface area (Å²) in [7, 11) is 1.99.